The molecule has 2 fully saturated rings. The van der Waals surface area contributed by atoms with Crippen molar-refractivity contribution in [2.45, 2.75) is 18.4 Å². The van der Waals surface area contributed by atoms with E-state index in [4.69, 9.17) is 9.47 Å². The van der Waals surface area contributed by atoms with Gasteiger partial charge in [-0.15, -0.1) is 0 Å². The monoisotopic (exact) mass is 349 g/mol. The third kappa shape index (κ3) is 4.38. The number of rotatable bonds is 7. The normalized spacial score (nSPS) is 19.7. The van der Waals surface area contributed by atoms with Crippen LogP contribution < -0.4 is 4.90 Å². The Hall–Kier alpha value is -1.93. The van der Waals surface area contributed by atoms with E-state index in [1.54, 1.807) is 19.5 Å². The summed E-state index contributed by atoms with van der Waals surface area (Å²) in [6.07, 6.45) is 4.94. The van der Waals surface area contributed by atoms with E-state index in [1.807, 2.05) is 18.0 Å². The van der Waals surface area contributed by atoms with Gasteiger partial charge in [-0.3, -0.25) is 0 Å². The van der Waals surface area contributed by atoms with E-state index in [9.17, 15) is 4.79 Å². The van der Waals surface area contributed by atoms with Crippen molar-refractivity contribution < 1.29 is 14.3 Å². The molecule has 1 aromatic rings. The van der Waals surface area contributed by atoms with Crippen molar-refractivity contribution in [3.63, 3.8) is 0 Å². The first-order chi connectivity index (χ1) is 12.1. The highest BCUT2D eigenvalue weighted by atomic mass is 16.6. The smallest absolute Gasteiger partial charge is 0.410 e. The van der Waals surface area contributed by atoms with E-state index in [0.717, 1.165) is 45.0 Å². The van der Waals surface area contributed by atoms with Gasteiger partial charge in [-0.05, 0) is 13.1 Å². The number of amides is 1. The lowest BCUT2D eigenvalue weighted by Crippen LogP contribution is -2.47. The summed E-state index contributed by atoms with van der Waals surface area (Å²) in [4.78, 5) is 27.0. The van der Waals surface area contributed by atoms with Gasteiger partial charge in [-0.2, -0.15) is 0 Å². The predicted octanol–water partition coefficient (Wildman–Crippen LogP) is 0.846. The molecule has 0 aromatic carbocycles. The van der Waals surface area contributed by atoms with E-state index in [2.05, 4.69) is 19.8 Å². The quantitative estimate of drug-likeness (QED) is 0.722. The van der Waals surface area contributed by atoms with E-state index >= 15 is 0 Å². The van der Waals surface area contributed by atoms with E-state index in [0.29, 0.717) is 19.7 Å². The molecule has 8 heteroatoms. The van der Waals surface area contributed by atoms with Crippen molar-refractivity contribution in [2.24, 2.45) is 0 Å². The van der Waals surface area contributed by atoms with Crippen LogP contribution in [0.4, 0.5) is 10.7 Å². The average molecular weight is 349 g/mol. The number of methoxy groups -OCH3 is 1. The van der Waals surface area contributed by atoms with Crippen LogP contribution in [0.3, 0.4) is 0 Å². The highest BCUT2D eigenvalue weighted by Gasteiger charge is 2.47. The van der Waals surface area contributed by atoms with Gasteiger partial charge in [-0.25, -0.2) is 14.8 Å². The zero-order valence-corrected chi connectivity index (χ0v) is 15.1. The van der Waals surface area contributed by atoms with E-state index in [-0.39, 0.29) is 11.7 Å². The summed E-state index contributed by atoms with van der Waals surface area (Å²) in [5.41, 5.74) is -0.354. The van der Waals surface area contributed by atoms with Gasteiger partial charge in [0.15, 0.2) is 0 Å². The van der Waals surface area contributed by atoms with Gasteiger partial charge >= 0.3 is 6.09 Å². The summed E-state index contributed by atoms with van der Waals surface area (Å²) < 4.78 is 10.9. The number of likely N-dealkylation sites (N-methyl/N-ethyl adjacent to an activating group) is 1. The Morgan fingerprint density at radius 2 is 2.00 bits per heavy atom. The van der Waals surface area contributed by atoms with Crippen molar-refractivity contribution >= 4 is 12.0 Å². The first-order valence-corrected chi connectivity index (χ1v) is 8.79. The summed E-state index contributed by atoms with van der Waals surface area (Å²) >= 11 is 0. The number of piperidine rings is 1. The number of hydrogen-bond acceptors (Lipinski definition) is 7. The maximum atomic E-state index is 12.2. The van der Waals surface area contributed by atoms with E-state index < -0.39 is 0 Å². The van der Waals surface area contributed by atoms with Crippen LogP contribution in [0.25, 0.3) is 0 Å². The van der Waals surface area contributed by atoms with Crippen LogP contribution in [0.2, 0.25) is 0 Å². The molecule has 3 rings (SSSR count). The molecule has 2 aliphatic heterocycles. The van der Waals surface area contributed by atoms with Crippen LogP contribution in [-0.4, -0.2) is 91.5 Å². The number of nitrogens with zero attached hydrogens (tertiary/aromatic N) is 5. The van der Waals surface area contributed by atoms with Crippen molar-refractivity contribution in [3.05, 3.63) is 18.5 Å². The number of hydrogen-bond donors (Lipinski definition) is 0. The molecule has 138 valence electrons. The molecule has 2 aliphatic rings. The third-order valence-corrected chi connectivity index (χ3v) is 4.98. The average Bonchev–Trinajstić information content (AvgIpc) is 2.94. The standard InChI is InChI=1S/C17H27N5O3/c1-20(12-13-24-2)10-11-22-14-17(25-16(22)23)4-8-21(9-5-17)15-18-6-3-7-19-15/h3,6-7H,4-5,8-14H2,1-2H3. The summed E-state index contributed by atoms with van der Waals surface area (Å²) in [6, 6.07) is 1.81. The summed E-state index contributed by atoms with van der Waals surface area (Å²) in [5.74, 6) is 0.748. The summed E-state index contributed by atoms with van der Waals surface area (Å²) in [6.45, 7) is 5.34. The minimum absolute atomic E-state index is 0.190. The zero-order chi connectivity index (χ0) is 17.7. The molecule has 0 bridgehead atoms. The summed E-state index contributed by atoms with van der Waals surface area (Å²) in [7, 11) is 3.73. The van der Waals surface area contributed by atoms with Crippen molar-refractivity contribution in [1.29, 1.82) is 0 Å². The Labute approximate surface area is 148 Å². The Kier molecular flexibility index (Phi) is 5.70. The fourth-order valence-corrected chi connectivity index (χ4v) is 3.34. The van der Waals surface area contributed by atoms with Crippen LogP contribution in [-0.2, 0) is 9.47 Å². The minimum Gasteiger partial charge on any atom is -0.441 e. The van der Waals surface area contributed by atoms with Gasteiger partial charge in [0, 0.05) is 65.1 Å². The van der Waals surface area contributed by atoms with Crippen LogP contribution in [0, 0.1) is 0 Å². The van der Waals surface area contributed by atoms with Gasteiger partial charge < -0.3 is 24.2 Å². The number of aromatic nitrogens is 2. The number of carbonyl (C=O) groups excluding carboxylic acids is 1. The van der Waals surface area contributed by atoms with E-state index in [1.165, 1.54) is 0 Å². The molecule has 3 heterocycles. The molecule has 0 atom stereocenters. The topological polar surface area (TPSA) is 71.0 Å². The van der Waals surface area contributed by atoms with Gasteiger partial charge in [-0.1, -0.05) is 0 Å². The number of anilines is 1. The largest absolute Gasteiger partial charge is 0.441 e. The lowest BCUT2D eigenvalue weighted by molar-refractivity contribution is 0.0364. The van der Waals surface area contributed by atoms with Gasteiger partial charge in [0.25, 0.3) is 0 Å². The Morgan fingerprint density at radius 1 is 1.28 bits per heavy atom. The maximum Gasteiger partial charge on any atom is 0.410 e. The molecule has 0 radical (unpaired) electrons. The second kappa shape index (κ2) is 7.97. The SMILES string of the molecule is COCCN(C)CCN1CC2(CCN(c3ncccn3)CC2)OC1=O. The molecule has 1 spiro atoms. The minimum atomic E-state index is -0.354. The second-order valence-electron chi connectivity index (χ2n) is 6.80. The fraction of sp³-hybridized carbons (Fsp3) is 0.706. The molecule has 2 saturated heterocycles. The molecule has 1 amide bonds. The van der Waals surface area contributed by atoms with Crippen LogP contribution >= 0.6 is 0 Å². The Balaban J connectivity index is 1.49. The molecule has 0 unspecified atom stereocenters. The van der Waals surface area contributed by atoms with Gasteiger partial charge in [0.1, 0.15) is 5.60 Å². The fourth-order valence-electron chi connectivity index (χ4n) is 3.34. The molecular weight excluding hydrogens is 322 g/mol. The van der Waals surface area contributed by atoms with Crippen LogP contribution in [0.5, 0.6) is 0 Å². The van der Waals surface area contributed by atoms with Crippen molar-refractivity contribution in [1.82, 2.24) is 19.8 Å². The molecule has 0 saturated carbocycles. The number of ether oxygens (including phenoxy) is 2. The van der Waals surface area contributed by atoms with Gasteiger partial charge in [0.2, 0.25) is 5.95 Å². The lowest BCUT2D eigenvalue weighted by atomic mass is 9.91. The Bertz CT molecular complexity index is 563. The third-order valence-electron chi connectivity index (χ3n) is 4.98. The molecule has 0 aliphatic carbocycles. The molecule has 8 nitrogen and oxygen atoms in total. The van der Waals surface area contributed by atoms with Crippen molar-refractivity contribution in [3.8, 4) is 0 Å². The predicted molar refractivity (Wildman–Crippen MR) is 93.6 cm³/mol. The first-order valence-electron chi connectivity index (χ1n) is 8.79. The zero-order valence-electron chi connectivity index (χ0n) is 15.1. The van der Waals surface area contributed by atoms with Crippen LogP contribution in [0.15, 0.2) is 18.5 Å². The lowest BCUT2D eigenvalue weighted by Gasteiger charge is -2.37. The van der Waals surface area contributed by atoms with Gasteiger partial charge in [0.05, 0.1) is 13.2 Å². The summed E-state index contributed by atoms with van der Waals surface area (Å²) in [5, 5.41) is 0. The molecule has 25 heavy (non-hydrogen) atoms. The highest BCUT2D eigenvalue weighted by molar-refractivity contribution is 5.70. The van der Waals surface area contributed by atoms with Crippen molar-refractivity contribution in [2.75, 3.05) is 64.9 Å². The highest BCUT2D eigenvalue weighted by Crippen LogP contribution is 2.33. The Morgan fingerprint density at radius 3 is 2.68 bits per heavy atom. The van der Waals surface area contributed by atoms with Crippen LogP contribution in [0.1, 0.15) is 12.8 Å². The second-order valence-corrected chi connectivity index (χ2v) is 6.80. The number of carbonyl (C=O) groups is 1. The first kappa shape index (κ1) is 17.9. The molecule has 1 aromatic heterocycles. The molecular formula is C17H27N5O3. The maximum absolute atomic E-state index is 12.2. The molecule has 0 N–H and O–H groups in total.